The molecule has 4 nitrogen and oxygen atoms in total. The number of carbonyl (C=O) groups excluding carboxylic acids is 1. The summed E-state index contributed by atoms with van der Waals surface area (Å²) in [6, 6.07) is 0.387. The zero-order valence-electron chi connectivity index (χ0n) is 10.8. The van der Waals surface area contributed by atoms with Crippen molar-refractivity contribution in [3.05, 3.63) is 0 Å². The van der Waals surface area contributed by atoms with Crippen LogP contribution in [0.2, 0.25) is 0 Å². The number of piperidine rings is 1. The summed E-state index contributed by atoms with van der Waals surface area (Å²) in [7, 11) is 3.99. The first-order valence-electron chi connectivity index (χ1n) is 6.18. The van der Waals surface area contributed by atoms with Gasteiger partial charge in [-0.3, -0.25) is 4.79 Å². The van der Waals surface area contributed by atoms with Gasteiger partial charge >= 0.3 is 0 Å². The third-order valence-electron chi connectivity index (χ3n) is 3.41. The molecule has 1 saturated heterocycles. The van der Waals surface area contributed by atoms with Gasteiger partial charge in [-0.1, -0.05) is 0 Å². The molecule has 16 heavy (non-hydrogen) atoms. The fourth-order valence-electron chi connectivity index (χ4n) is 2.19. The zero-order chi connectivity index (χ0) is 12.1. The van der Waals surface area contributed by atoms with Crippen LogP contribution in [0.4, 0.5) is 0 Å². The molecule has 0 aromatic rings. The van der Waals surface area contributed by atoms with E-state index < -0.39 is 0 Å². The van der Waals surface area contributed by atoms with Crippen molar-refractivity contribution in [3.8, 4) is 0 Å². The SMILES string of the molecule is CC1CCC(CN)CN1C(=O)CCN(C)C. The maximum absolute atomic E-state index is 12.0. The number of likely N-dealkylation sites (tertiary alicyclic amines) is 1. The standard InChI is InChI=1S/C12H25N3O/c1-10-4-5-11(8-13)9-15(10)12(16)6-7-14(2)3/h10-11H,4-9,13H2,1-3H3. The molecule has 1 aliphatic rings. The van der Waals surface area contributed by atoms with Gasteiger partial charge in [-0.2, -0.15) is 0 Å². The molecule has 0 aliphatic carbocycles. The summed E-state index contributed by atoms with van der Waals surface area (Å²) in [5.41, 5.74) is 5.69. The topological polar surface area (TPSA) is 49.6 Å². The van der Waals surface area contributed by atoms with Crippen molar-refractivity contribution < 1.29 is 4.79 Å². The Morgan fingerprint density at radius 3 is 2.69 bits per heavy atom. The van der Waals surface area contributed by atoms with Gasteiger partial charge in [0.15, 0.2) is 0 Å². The van der Waals surface area contributed by atoms with Gasteiger partial charge in [0.2, 0.25) is 5.91 Å². The monoisotopic (exact) mass is 227 g/mol. The van der Waals surface area contributed by atoms with Gasteiger partial charge in [0.1, 0.15) is 0 Å². The van der Waals surface area contributed by atoms with Crippen LogP contribution < -0.4 is 5.73 Å². The van der Waals surface area contributed by atoms with Gasteiger partial charge in [0.25, 0.3) is 0 Å². The maximum Gasteiger partial charge on any atom is 0.224 e. The van der Waals surface area contributed by atoms with Gasteiger partial charge in [-0.05, 0) is 46.3 Å². The van der Waals surface area contributed by atoms with E-state index in [1.165, 1.54) is 0 Å². The van der Waals surface area contributed by atoms with E-state index in [0.717, 1.165) is 25.9 Å². The molecule has 0 bridgehead atoms. The average Bonchev–Trinajstić information content (AvgIpc) is 2.26. The lowest BCUT2D eigenvalue weighted by Crippen LogP contribution is -2.47. The van der Waals surface area contributed by atoms with Crippen molar-refractivity contribution in [3.63, 3.8) is 0 Å². The van der Waals surface area contributed by atoms with E-state index >= 15 is 0 Å². The van der Waals surface area contributed by atoms with Crippen molar-refractivity contribution in [1.29, 1.82) is 0 Å². The number of nitrogens with two attached hydrogens (primary N) is 1. The van der Waals surface area contributed by atoms with Gasteiger partial charge in [0, 0.05) is 25.6 Å². The highest BCUT2D eigenvalue weighted by Gasteiger charge is 2.27. The molecule has 0 aromatic carbocycles. The van der Waals surface area contributed by atoms with Crippen LogP contribution in [-0.2, 0) is 4.79 Å². The van der Waals surface area contributed by atoms with Crippen LogP contribution in [-0.4, -0.2) is 55.5 Å². The summed E-state index contributed by atoms with van der Waals surface area (Å²) in [6.07, 6.45) is 2.87. The number of hydrogen-bond donors (Lipinski definition) is 1. The summed E-state index contributed by atoms with van der Waals surface area (Å²) in [6.45, 7) is 4.52. The Morgan fingerprint density at radius 2 is 2.12 bits per heavy atom. The van der Waals surface area contributed by atoms with E-state index in [9.17, 15) is 4.79 Å². The first kappa shape index (κ1) is 13.5. The van der Waals surface area contributed by atoms with Crippen molar-refractivity contribution in [2.24, 2.45) is 11.7 Å². The molecule has 94 valence electrons. The van der Waals surface area contributed by atoms with Crippen molar-refractivity contribution >= 4 is 5.91 Å². The molecule has 0 aromatic heterocycles. The van der Waals surface area contributed by atoms with Crippen molar-refractivity contribution in [2.45, 2.75) is 32.2 Å². The molecule has 1 rings (SSSR count). The zero-order valence-corrected chi connectivity index (χ0v) is 10.8. The van der Waals surface area contributed by atoms with Gasteiger partial charge in [-0.25, -0.2) is 0 Å². The first-order chi connectivity index (χ1) is 7.54. The summed E-state index contributed by atoms with van der Waals surface area (Å²) in [5.74, 6) is 0.777. The van der Waals surface area contributed by atoms with Gasteiger partial charge in [0.05, 0.1) is 0 Å². The molecule has 1 amide bonds. The lowest BCUT2D eigenvalue weighted by atomic mass is 9.93. The minimum Gasteiger partial charge on any atom is -0.340 e. The Labute approximate surface area is 98.8 Å². The summed E-state index contributed by atoms with van der Waals surface area (Å²) in [5, 5.41) is 0. The number of hydrogen-bond acceptors (Lipinski definition) is 3. The van der Waals surface area contributed by atoms with E-state index in [2.05, 4.69) is 6.92 Å². The molecule has 0 radical (unpaired) electrons. The van der Waals surface area contributed by atoms with Crippen molar-refractivity contribution in [1.82, 2.24) is 9.80 Å². The van der Waals surface area contributed by atoms with Crippen LogP contribution in [0.3, 0.4) is 0 Å². The molecule has 2 N–H and O–H groups in total. The molecular weight excluding hydrogens is 202 g/mol. The fraction of sp³-hybridized carbons (Fsp3) is 0.917. The smallest absolute Gasteiger partial charge is 0.224 e. The molecule has 1 aliphatic heterocycles. The predicted octanol–water partition coefficient (Wildman–Crippen LogP) is 0.524. The maximum atomic E-state index is 12.0. The molecule has 2 atom stereocenters. The van der Waals surface area contributed by atoms with Crippen molar-refractivity contribution in [2.75, 3.05) is 33.7 Å². The molecule has 1 heterocycles. The van der Waals surface area contributed by atoms with E-state index in [1.54, 1.807) is 0 Å². The third kappa shape index (κ3) is 3.76. The van der Waals surface area contributed by atoms with Crippen LogP contribution in [0.15, 0.2) is 0 Å². The molecular formula is C12H25N3O. The lowest BCUT2D eigenvalue weighted by Gasteiger charge is -2.38. The lowest BCUT2D eigenvalue weighted by molar-refractivity contribution is -0.135. The van der Waals surface area contributed by atoms with Crippen LogP contribution in [0.5, 0.6) is 0 Å². The Bertz CT molecular complexity index is 230. The number of carbonyl (C=O) groups is 1. The van der Waals surface area contributed by atoms with E-state index in [-0.39, 0.29) is 5.91 Å². The Morgan fingerprint density at radius 1 is 1.44 bits per heavy atom. The molecule has 0 saturated carbocycles. The highest BCUT2D eigenvalue weighted by molar-refractivity contribution is 5.76. The van der Waals surface area contributed by atoms with Gasteiger partial charge in [-0.15, -0.1) is 0 Å². The molecule has 2 unspecified atom stereocenters. The summed E-state index contributed by atoms with van der Waals surface area (Å²) < 4.78 is 0. The van der Waals surface area contributed by atoms with Crippen LogP contribution >= 0.6 is 0 Å². The van der Waals surface area contributed by atoms with Crippen LogP contribution in [0.1, 0.15) is 26.2 Å². The number of amides is 1. The summed E-state index contributed by atoms with van der Waals surface area (Å²) >= 11 is 0. The van der Waals surface area contributed by atoms with E-state index in [1.807, 2.05) is 23.9 Å². The third-order valence-corrected chi connectivity index (χ3v) is 3.41. The second-order valence-corrected chi connectivity index (χ2v) is 5.13. The minimum absolute atomic E-state index is 0.277. The largest absolute Gasteiger partial charge is 0.340 e. The Kier molecular flexibility index (Phi) is 5.22. The molecule has 4 heteroatoms. The predicted molar refractivity (Wildman–Crippen MR) is 66.1 cm³/mol. The second-order valence-electron chi connectivity index (χ2n) is 5.13. The minimum atomic E-state index is 0.277. The quantitative estimate of drug-likeness (QED) is 0.762. The van der Waals surface area contributed by atoms with Crippen LogP contribution in [0, 0.1) is 5.92 Å². The highest BCUT2D eigenvalue weighted by Crippen LogP contribution is 2.21. The van der Waals surface area contributed by atoms with E-state index in [4.69, 9.17) is 5.73 Å². The van der Waals surface area contributed by atoms with Crippen LogP contribution in [0.25, 0.3) is 0 Å². The highest BCUT2D eigenvalue weighted by atomic mass is 16.2. The average molecular weight is 227 g/mol. The summed E-state index contributed by atoms with van der Waals surface area (Å²) in [4.78, 5) is 16.1. The Hall–Kier alpha value is -0.610. The molecule has 0 spiro atoms. The van der Waals surface area contributed by atoms with E-state index in [0.29, 0.717) is 24.9 Å². The van der Waals surface area contributed by atoms with Gasteiger partial charge < -0.3 is 15.5 Å². The second kappa shape index (κ2) is 6.21. The number of rotatable bonds is 4. The normalized spacial score (nSPS) is 26.2. The number of nitrogens with zero attached hydrogens (tertiary/aromatic N) is 2. The Balaban J connectivity index is 2.45. The molecule has 1 fully saturated rings. The first-order valence-corrected chi connectivity index (χ1v) is 6.18. The fourth-order valence-corrected chi connectivity index (χ4v) is 2.19.